The van der Waals surface area contributed by atoms with Crippen molar-refractivity contribution in [1.29, 1.82) is 0 Å². The number of hydrogen-bond donors (Lipinski definition) is 2. The third-order valence-corrected chi connectivity index (χ3v) is 5.45. The van der Waals surface area contributed by atoms with Crippen molar-refractivity contribution in [3.05, 3.63) is 71.6 Å². The zero-order chi connectivity index (χ0) is 20.9. The minimum absolute atomic E-state index is 0.305. The Labute approximate surface area is 170 Å². The Balaban J connectivity index is 1.54. The summed E-state index contributed by atoms with van der Waals surface area (Å²) in [5, 5.41) is 6.38. The number of oxazole rings is 1. The van der Waals surface area contributed by atoms with Crippen LogP contribution in [0, 0.1) is 6.92 Å². The summed E-state index contributed by atoms with van der Waals surface area (Å²) in [4.78, 5) is 8.99. The van der Waals surface area contributed by atoms with Gasteiger partial charge in [-0.3, -0.25) is 4.99 Å². The van der Waals surface area contributed by atoms with Crippen LogP contribution in [0.3, 0.4) is 0 Å². The average molecular weight is 413 g/mol. The van der Waals surface area contributed by atoms with E-state index >= 15 is 0 Å². The molecule has 0 aliphatic carbocycles. The van der Waals surface area contributed by atoms with E-state index in [9.17, 15) is 8.42 Å². The molecule has 3 rings (SSSR count). The van der Waals surface area contributed by atoms with Crippen LogP contribution in [0.1, 0.15) is 16.8 Å². The maximum atomic E-state index is 11.5. The summed E-state index contributed by atoms with van der Waals surface area (Å²) in [6.45, 7) is 3.01. The lowest BCUT2D eigenvalue weighted by molar-refractivity contribution is 0.572. The van der Waals surface area contributed by atoms with E-state index in [4.69, 9.17) is 4.42 Å². The molecule has 1 aromatic heterocycles. The molecule has 0 atom stereocenters. The molecule has 1 heterocycles. The van der Waals surface area contributed by atoms with Crippen molar-refractivity contribution in [3.8, 4) is 11.5 Å². The predicted octanol–water partition coefficient (Wildman–Crippen LogP) is 2.92. The predicted molar refractivity (Wildman–Crippen MR) is 113 cm³/mol. The molecular weight excluding hydrogens is 388 g/mol. The van der Waals surface area contributed by atoms with Gasteiger partial charge in [-0.25, -0.2) is 13.4 Å². The molecule has 0 radical (unpaired) electrons. The molecule has 0 spiro atoms. The summed E-state index contributed by atoms with van der Waals surface area (Å²) in [6.07, 6.45) is 2.82. The Kier molecular flexibility index (Phi) is 6.33. The SMILES string of the molecule is CN=C(NCc1ccc(S(C)(=O)=O)cc1)NCc1coc(-c2ccc(C)cc2)n1. The molecule has 0 aliphatic rings. The number of guanidine groups is 1. The van der Waals surface area contributed by atoms with Crippen molar-refractivity contribution in [2.24, 2.45) is 4.99 Å². The second-order valence-electron chi connectivity index (χ2n) is 6.71. The number of sulfone groups is 1. The molecule has 29 heavy (non-hydrogen) atoms. The minimum Gasteiger partial charge on any atom is -0.444 e. The van der Waals surface area contributed by atoms with Crippen LogP contribution in [0.5, 0.6) is 0 Å². The Hall–Kier alpha value is -3.13. The maximum Gasteiger partial charge on any atom is 0.226 e. The van der Waals surface area contributed by atoms with E-state index in [1.807, 2.05) is 31.2 Å². The highest BCUT2D eigenvalue weighted by Crippen LogP contribution is 2.19. The normalized spacial score (nSPS) is 12.0. The molecule has 0 saturated carbocycles. The van der Waals surface area contributed by atoms with Gasteiger partial charge in [0.1, 0.15) is 6.26 Å². The fourth-order valence-electron chi connectivity index (χ4n) is 2.65. The summed E-state index contributed by atoms with van der Waals surface area (Å²) >= 11 is 0. The van der Waals surface area contributed by atoms with Gasteiger partial charge < -0.3 is 15.1 Å². The molecule has 2 N–H and O–H groups in total. The number of benzene rings is 2. The fourth-order valence-corrected chi connectivity index (χ4v) is 3.28. The second-order valence-corrected chi connectivity index (χ2v) is 8.72. The molecule has 152 valence electrons. The van der Waals surface area contributed by atoms with Crippen molar-refractivity contribution in [2.45, 2.75) is 24.9 Å². The van der Waals surface area contributed by atoms with E-state index in [2.05, 4.69) is 20.6 Å². The number of rotatable bonds is 6. The van der Waals surface area contributed by atoms with Crippen molar-refractivity contribution >= 4 is 15.8 Å². The first-order chi connectivity index (χ1) is 13.8. The average Bonchev–Trinajstić information content (AvgIpc) is 3.17. The molecule has 7 nitrogen and oxygen atoms in total. The third-order valence-electron chi connectivity index (χ3n) is 4.32. The van der Waals surface area contributed by atoms with E-state index in [0.717, 1.165) is 16.8 Å². The minimum atomic E-state index is -3.19. The van der Waals surface area contributed by atoms with Crippen LogP contribution in [0.2, 0.25) is 0 Å². The van der Waals surface area contributed by atoms with Crippen molar-refractivity contribution in [1.82, 2.24) is 15.6 Å². The number of aromatic nitrogens is 1. The third kappa shape index (κ3) is 5.68. The topological polar surface area (TPSA) is 96.6 Å². The lowest BCUT2D eigenvalue weighted by Gasteiger charge is -2.11. The van der Waals surface area contributed by atoms with E-state index in [-0.39, 0.29) is 0 Å². The van der Waals surface area contributed by atoms with Crippen LogP contribution in [0.15, 0.2) is 69.1 Å². The van der Waals surface area contributed by atoms with Crippen LogP contribution in [-0.2, 0) is 22.9 Å². The lowest BCUT2D eigenvalue weighted by Crippen LogP contribution is -2.36. The molecule has 0 bridgehead atoms. The van der Waals surface area contributed by atoms with Gasteiger partial charge in [0.05, 0.1) is 17.1 Å². The van der Waals surface area contributed by atoms with Crippen LogP contribution in [0.25, 0.3) is 11.5 Å². The van der Waals surface area contributed by atoms with Gasteiger partial charge in [-0.2, -0.15) is 0 Å². The molecule has 0 aliphatic heterocycles. The first-order valence-corrected chi connectivity index (χ1v) is 11.0. The van der Waals surface area contributed by atoms with Gasteiger partial charge in [-0.1, -0.05) is 29.8 Å². The summed E-state index contributed by atoms with van der Waals surface area (Å²) in [6, 6.07) is 14.8. The first kappa shape index (κ1) is 20.6. The number of nitrogens with zero attached hydrogens (tertiary/aromatic N) is 2. The van der Waals surface area contributed by atoms with Gasteiger partial charge in [0.15, 0.2) is 15.8 Å². The van der Waals surface area contributed by atoms with Crippen LogP contribution in [-0.4, -0.2) is 32.7 Å². The van der Waals surface area contributed by atoms with E-state index in [1.165, 1.54) is 11.8 Å². The van der Waals surface area contributed by atoms with E-state index < -0.39 is 9.84 Å². The van der Waals surface area contributed by atoms with E-state index in [1.54, 1.807) is 37.6 Å². The Morgan fingerprint density at radius 2 is 1.69 bits per heavy atom. The first-order valence-electron chi connectivity index (χ1n) is 9.10. The standard InChI is InChI=1S/C21H24N4O3S/c1-15-4-8-17(9-5-15)20-25-18(14-28-20)13-24-21(22-2)23-12-16-6-10-19(11-7-16)29(3,26)27/h4-11,14H,12-13H2,1-3H3,(H2,22,23,24). The van der Waals surface area contributed by atoms with Gasteiger partial charge in [-0.05, 0) is 36.8 Å². The van der Waals surface area contributed by atoms with Gasteiger partial charge in [0.2, 0.25) is 5.89 Å². The molecule has 2 aromatic carbocycles. The largest absolute Gasteiger partial charge is 0.444 e. The summed E-state index contributed by atoms with van der Waals surface area (Å²) in [7, 11) is -1.50. The highest BCUT2D eigenvalue weighted by Gasteiger charge is 2.08. The Bertz CT molecular complexity index is 1090. The number of aliphatic imine (C=N–C) groups is 1. The van der Waals surface area contributed by atoms with Crippen LogP contribution in [0.4, 0.5) is 0 Å². The van der Waals surface area contributed by atoms with E-state index in [0.29, 0.717) is 29.8 Å². The van der Waals surface area contributed by atoms with Crippen molar-refractivity contribution < 1.29 is 12.8 Å². The van der Waals surface area contributed by atoms with Gasteiger partial charge >= 0.3 is 0 Å². The summed E-state index contributed by atoms with van der Waals surface area (Å²) < 4.78 is 28.6. The molecule has 0 fully saturated rings. The highest BCUT2D eigenvalue weighted by atomic mass is 32.2. The molecule has 3 aromatic rings. The monoisotopic (exact) mass is 412 g/mol. The van der Waals surface area contributed by atoms with Crippen LogP contribution >= 0.6 is 0 Å². The summed E-state index contributed by atoms with van der Waals surface area (Å²) in [5.41, 5.74) is 3.83. The van der Waals surface area contributed by atoms with Gasteiger partial charge in [0, 0.05) is 25.4 Å². The molecule has 8 heteroatoms. The number of aryl methyl sites for hydroxylation is 1. The highest BCUT2D eigenvalue weighted by molar-refractivity contribution is 7.90. The lowest BCUT2D eigenvalue weighted by atomic mass is 10.1. The molecule has 0 unspecified atom stereocenters. The molecule has 0 amide bonds. The maximum absolute atomic E-state index is 11.5. The Morgan fingerprint density at radius 3 is 2.31 bits per heavy atom. The molecule has 0 saturated heterocycles. The quantitative estimate of drug-likeness (QED) is 0.477. The zero-order valence-electron chi connectivity index (χ0n) is 16.6. The number of hydrogen-bond acceptors (Lipinski definition) is 5. The molecular formula is C21H24N4O3S. The van der Waals surface area contributed by atoms with Crippen molar-refractivity contribution in [2.75, 3.05) is 13.3 Å². The second kappa shape index (κ2) is 8.91. The van der Waals surface area contributed by atoms with Crippen molar-refractivity contribution in [3.63, 3.8) is 0 Å². The Morgan fingerprint density at radius 1 is 1.03 bits per heavy atom. The zero-order valence-corrected chi connectivity index (χ0v) is 17.5. The van der Waals surface area contributed by atoms with Gasteiger partial charge in [-0.15, -0.1) is 0 Å². The fraction of sp³-hybridized carbons (Fsp3) is 0.238. The number of nitrogens with one attached hydrogen (secondary N) is 2. The van der Waals surface area contributed by atoms with Gasteiger partial charge in [0.25, 0.3) is 0 Å². The summed E-state index contributed by atoms with van der Waals surface area (Å²) in [5.74, 6) is 1.19. The smallest absolute Gasteiger partial charge is 0.226 e. The van der Waals surface area contributed by atoms with Crippen LogP contribution < -0.4 is 10.6 Å².